The van der Waals surface area contributed by atoms with Gasteiger partial charge in [-0.3, -0.25) is 0 Å². The number of benzene rings is 3. The molecule has 1 N–H and O–H groups in total. The fourth-order valence-corrected chi connectivity index (χ4v) is 5.53. The van der Waals surface area contributed by atoms with Crippen LogP contribution >= 0.6 is 38.9 Å². The molecular formula is C26H25BrClNO2S. The highest BCUT2D eigenvalue weighted by atomic mass is 79.9. The lowest BCUT2D eigenvalue weighted by atomic mass is 9.91. The first-order chi connectivity index (χ1) is 15.2. The van der Waals surface area contributed by atoms with Gasteiger partial charge in [0.05, 0.1) is 22.4 Å². The first kappa shape index (κ1) is 23.4. The number of hydrogen-bond acceptors (Lipinski definition) is 4. The normalized spacial score (nSPS) is 13.0. The maximum atomic E-state index is 10.3. The van der Waals surface area contributed by atoms with Crippen molar-refractivity contribution in [3.8, 4) is 21.7 Å². The second-order valence-corrected chi connectivity index (χ2v) is 11.1. The summed E-state index contributed by atoms with van der Waals surface area (Å²) in [7, 11) is 0. The van der Waals surface area contributed by atoms with Crippen LogP contribution in [0.25, 0.3) is 31.9 Å². The third-order valence-electron chi connectivity index (χ3n) is 5.12. The standard InChI is InChI=1S/C26H25BrClNO2S/c1-15-12-20-24(32-25(29-20)17-6-5-7-18(27)13-17)23(16-8-10-19(28)11-9-16)22(15)21(14-30)31-26(2,3)4/h5-13,21,30H,14H2,1-4H3/t21-/m1/s1. The largest absolute Gasteiger partial charge is 0.393 e. The van der Waals surface area contributed by atoms with E-state index in [1.807, 2.05) is 57.2 Å². The molecule has 3 aromatic carbocycles. The smallest absolute Gasteiger partial charge is 0.124 e. The van der Waals surface area contributed by atoms with E-state index in [0.29, 0.717) is 5.02 Å². The Kier molecular flexibility index (Phi) is 6.76. The van der Waals surface area contributed by atoms with E-state index in [9.17, 15) is 5.11 Å². The summed E-state index contributed by atoms with van der Waals surface area (Å²) in [5.41, 5.74) is 5.69. The van der Waals surface area contributed by atoms with Crippen LogP contribution in [-0.4, -0.2) is 22.3 Å². The van der Waals surface area contributed by atoms with Gasteiger partial charge in [-0.05, 0) is 74.7 Å². The lowest BCUT2D eigenvalue weighted by Crippen LogP contribution is -2.25. The van der Waals surface area contributed by atoms with Gasteiger partial charge >= 0.3 is 0 Å². The monoisotopic (exact) mass is 529 g/mol. The number of aliphatic hydroxyl groups excluding tert-OH is 1. The summed E-state index contributed by atoms with van der Waals surface area (Å²) in [5.74, 6) is 0. The maximum Gasteiger partial charge on any atom is 0.124 e. The molecule has 0 saturated carbocycles. The van der Waals surface area contributed by atoms with Crippen molar-refractivity contribution in [1.82, 2.24) is 4.98 Å². The van der Waals surface area contributed by atoms with Crippen LogP contribution in [0.1, 0.15) is 38.0 Å². The van der Waals surface area contributed by atoms with Crippen molar-refractivity contribution in [3.63, 3.8) is 0 Å². The number of thiazole rings is 1. The first-order valence-electron chi connectivity index (χ1n) is 10.4. The number of ether oxygens (including phenoxy) is 1. The van der Waals surface area contributed by atoms with Crippen molar-refractivity contribution in [1.29, 1.82) is 0 Å². The molecule has 0 unspecified atom stereocenters. The second kappa shape index (κ2) is 9.24. The van der Waals surface area contributed by atoms with Crippen LogP contribution in [0.2, 0.25) is 5.02 Å². The molecule has 0 aliphatic heterocycles. The predicted molar refractivity (Wildman–Crippen MR) is 139 cm³/mol. The van der Waals surface area contributed by atoms with Crippen LogP contribution < -0.4 is 0 Å². The SMILES string of the molecule is Cc1cc2nc(-c3cccc(Br)c3)sc2c(-c2ccc(Cl)cc2)c1[C@@H](CO)OC(C)(C)C. The van der Waals surface area contributed by atoms with Gasteiger partial charge in [0.15, 0.2) is 0 Å². The minimum Gasteiger partial charge on any atom is -0.393 e. The van der Waals surface area contributed by atoms with E-state index in [0.717, 1.165) is 47.5 Å². The lowest BCUT2D eigenvalue weighted by Gasteiger charge is -2.29. The van der Waals surface area contributed by atoms with Gasteiger partial charge in [0.1, 0.15) is 11.1 Å². The molecule has 0 amide bonds. The summed E-state index contributed by atoms with van der Waals surface area (Å²) in [6.45, 7) is 7.96. The van der Waals surface area contributed by atoms with Crippen LogP contribution in [-0.2, 0) is 4.74 Å². The summed E-state index contributed by atoms with van der Waals surface area (Å²) in [6, 6.07) is 18.1. The van der Waals surface area contributed by atoms with Gasteiger partial charge in [-0.1, -0.05) is 51.8 Å². The van der Waals surface area contributed by atoms with Crippen LogP contribution in [0.5, 0.6) is 0 Å². The van der Waals surface area contributed by atoms with Crippen LogP contribution in [0.15, 0.2) is 59.1 Å². The van der Waals surface area contributed by atoms with Gasteiger partial charge in [-0.2, -0.15) is 0 Å². The highest BCUT2D eigenvalue weighted by molar-refractivity contribution is 9.10. The van der Waals surface area contributed by atoms with Crippen LogP contribution in [0, 0.1) is 6.92 Å². The van der Waals surface area contributed by atoms with E-state index in [1.165, 1.54) is 0 Å². The average Bonchev–Trinajstić information content (AvgIpc) is 3.15. The molecule has 0 bridgehead atoms. The Morgan fingerprint density at radius 3 is 2.44 bits per heavy atom. The topological polar surface area (TPSA) is 42.4 Å². The summed E-state index contributed by atoms with van der Waals surface area (Å²) in [6.07, 6.45) is -0.457. The first-order valence-corrected chi connectivity index (χ1v) is 12.4. The number of fused-ring (bicyclic) bond motifs is 1. The van der Waals surface area contributed by atoms with Crippen molar-refractivity contribution in [3.05, 3.63) is 75.2 Å². The Balaban J connectivity index is 2.00. The molecule has 0 fully saturated rings. The summed E-state index contributed by atoms with van der Waals surface area (Å²) >= 11 is 11.4. The quantitative estimate of drug-likeness (QED) is 0.283. The fraction of sp³-hybridized carbons (Fsp3) is 0.269. The Hall–Kier alpha value is -1.76. The molecule has 4 aromatic rings. The highest BCUT2D eigenvalue weighted by Gasteiger charge is 2.27. The Morgan fingerprint density at radius 1 is 1.09 bits per heavy atom. The molecule has 0 radical (unpaired) electrons. The number of rotatable bonds is 5. The Morgan fingerprint density at radius 2 is 1.81 bits per heavy atom. The van der Waals surface area contributed by atoms with E-state index in [1.54, 1.807) is 11.3 Å². The zero-order chi connectivity index (χ0) is 23.0. The van der Waals surface area contributed by atoms with Crippen LogP contribution in [0.4, 0.5) is 0 Å². The summed E-state index contributed by atoms with van der Waals surface area (Å²) in [4.78, 5) is 4.96. The van der Waals surface area contributed by atoms with Crippen LogP contribution in [0.3, 0.4) is 0 Å². The molecule has 0 aliphatic rings. The number of hydrogen-bond donors (Lipinski definition) is 1. The number of aliphatic hydroxyl groups is 1. The number of halogens is 2. The molecule has 1 aromatic heterocycles. The number of nitrogens with zero attached hydrogens (tertiary/aromatic N) is 1. The van der Waals surface area contributed by atoms with Crippen molar-refractivity contribution >= 4 is 49.1 Å². The van der Waals surface area contributed by atoms with Crippen molar-refractivity contribution in [2.45, 2.75) is 39.4 Å². The maximum absolute atomic E-state index is 10.3. The molecular weight excluding hydrogens is 506 g/mol. The average molecular weight is 531 g/mol. The highest BCUT2D eigenvalue weighted by Crippen LogP contribution is 2.44. The van der Waals surface area contributed by atoms with E-state index >= 15 is 0 Å². The molecule has 32 heavy (non-hydrogen) atoms. The number of aromatic nitrogens is 1. The lowest BCUT2D eigenvalue weighted by molar-refractivity contribution is -0.0821. The molecule has 0 saturated heterocycles. The Bertz CT molecular complexity index is 1260. The minimum absolute atomic E-state index is 0.110. The second-order valence-electron chi connectivity index (χ2n) is 8.77. The van der Waals surface area contributed by atoms with E-state index < -0.39 is 11.7 Å². The zero-order valence-corrected chi connectivity index (χ0v) is 21.6. The van der Waals surface area contributed by atoms with Crippen molar-refractivity contribution in [2.24, 2.45) is 0 Å². The molecule has 3 nitrogen and oxygen atoms in total. The summed E-state index contributed by atoms with van der Waals surface area (Å²) < 4.78 is 8.38. The van der Waals surface area contributed by atoms with Crippen molar-refractivity contribution in [2.75, 3.05) is 6.61 Å². The third-order valence-corrected chi connectivity index (χ3v) is 7.00. The van der Waals surface area contributed by atoms with Gasteiger partial charge in [0.25, 0.3) is 0 Å². The molecule has 4 rings (SSSR count). The molecule has 1 atom stereocenters. The third kappa shape index (κ3) is 4.92. The molecule has 0 aliphatic carbocycles. The molecule has 6 heteroatoms. The molecule has 1 heterocycles. The number of aryl methyl sites for hydroxylation is 1. The van der Waals surface area contributed by atoms with Crippen molar-refractivity contribution < 1.29 is 9.84 Å². The zero-order valence-electron chi connectivity index (χ0n) is 18.4. The Labute approximate surface area is 206 Å². The van der Waals surface area contributed by atoms with Gasteiger partial charge in [-0.25, -0.2) is 4.98 Å². The van der Waals surface area contributed by atoms with Gasteiger partial charge < -0.3 is 9.84 Å². The van der Waals surface area contributed by atoms with Gasteiger partial charge in [0.2, 0.25) is 0 Å². The van der Waals surface area contributed by atoms with E-state index in [4.69, 9.17) is 21.3 Å². The minimum atomic E-state index is -0.457. The summed E-state index contributed by atoms with van der Waals surface area (Å²) in [5, 5.41) is 11.9. The predicted octanol–water partition coefficient (Wildman–Crippen LogP) is 8.20. The molecule has 166 valence electrons. The van der Waals surface area contributed by atoms with E-state index in [2.05, 4.69) is 41.1 Å². The van der Waals surface area contributed by atoms with Gasteiger partial charge in [0, 0.05) is 20.6 Å². The van der Waals surface area contributed by atoms with E-state index in [-0.39, 0.29) is 6.61 Å². The molecule has 0 spiro atoms. The van der Waals surface area contributed by atoms with Gasteiger partial charge in [-0.15, -0.1) is 11.3 Å². The fourth-order valence-electron chi connectivity index (χ4n) is 3.89.